The summed E-state index contributed by atoms with van der Waals surface area (Å²) in [5.41, 5.74) is 1.79. The van der Waals surface area contributed by atoms with E-state index in [0.717, 1.165) is 6.42 Å². The minimum Gasteiger partial charge on any atom is -0.507 e. The number of Topliss-reactive ketones (excluding diaryl/α,β-unsaturated/α-hetero) is 1. The standard InChI is InChI=1S/C23H23BrN2O6/c1-3-4-18-19(7-6-17(13(2)27)21(18)30)32-12-15-9-16(24)11-26-22(15)25-10-14(23(26)31)5-8-20(28)29/h6-7,9-11,30H,3-5,8,12H2,1-2H3,(H,28,29). The highest BCUT2D eigenvalue weighted by Gasteiger charge is 2.17. The van der Waals surface area contributed by atoms with Crippen LogP contribution in [0.2, 0.25) is 0 Å². The number of ketones is 1. The summed E-state index contributed by atoms with van der Waals surface area (Å²) >= 11 is 3.39. The van der Waals surface area contributed by atoms with Gasteiger partial charge in [-0.15, -0.1) is 0 Å². The molecular weight excluding hydrogens is 480 g/mol. The number of nitrogens with zero attached hydrogens (tertiary/aromatic N) is 2. The average Bonchev–Trinajstić information content (AvgIpc) is 2.73. The zero-order chi connectivity index (χ0) is 23.4. The van der Waals surface area contributed by atoms with Crippen LogP contribution in [0.15, 0.2) is 39.9 Å². The van der Waals surface area contributed by atoms with E-state index in [1.165, 1.54) is 23.6 Å². The van der Waals surface area contributed by atoms with Crippen LogP contribution >= 0.6 is 15.9 Å². The van der Waals surface area contributed by atoms with Crippen molar-refractivity contribution < 1.29 is 24.5 Å². The van der Waals surface area contributed by atoms with Gasteiger partial charge in [0.05, 0.1) is 5.56 Å². The van der Waals surface area contributed by atoms with E-state index in [9.17, 15) is 19.5 Å². The van der Waals surface area contributed by atoms with Gasteiger partial charge in [-0.05, 0) is 53.9 Å². The van der Waals surface area contributed by atoms with Gasteiger partial charge in [0.15, 0.2) is 5.78 Å². The molecule has 2 heterocycles. The van der Waals surface area contributed by atoms with E-state index in [4.69, 9.17) is 9.84 Å². The molecule has 0 aliphatic carbocycles. The lowest BCUT2D eigenvalue weighted by atomic mass is 10.0. The number of aromatic nitrogens is 2. The first-order valence-corrected chi connectivity index (χ1v) is 10.9. The molecule has 0 aliphatic heterocycles. The topological polar surface area (TPSA) is 118 Å². The van der Waals surface area contributed by atoms with Gasteiger partial charge >= 0.3 is 5.97 Å². The number of phenols is 1. The Morgan fingerprint density at radius 1 is 1.22 bits per heavy atom. The van der Waals surface area contributed by atoms with E-state index in [1.54, 1.807) is 18.3 Å². The number of pyridine rings is 1. The zero-order valence-corrected chi connectivity index (χ0v) is 19.3. The van der Waals surface area contributed by atoms with Gasteiger partial charge < -0.3 is 14.9 Å². The van der Waals surface area contributed by atoms with Crippen LogP contribution in [0.3, 0.4) is 0 Å². The molecule has 0 unspecified atom stereocenters. The van der Waals surface area contributed by atoms with E-state index in [1.807, 2.05) is 6.92 Å². The van der Waals surface area contributed by atoms with Gasteiger partial charge in [-0.1, -0.05) is 13.3 Å². The first-order chi connectivity index (χ1) is 15.2. The molecule has 0 saturated carbocycles. The molecule has 0 saturated heterocycles. The zero-order valence-electron chi connectivity index (χ0n) is 17.7. The van der Waals surface area contributed by atoms with Crippen LogP contribution in [0.1, 0.15) is 53.7 Å². The van der Waals surface area contributed by atoms with E-state index >= 15 is 0 Å². The molecule has 0 radical (unpaired) electrons. The number of rotatable bonds is 9. The number of carbonyl (C=O) groups excluding carboxylic acids is 1. The van der Waals surface area contributed by atoms with Gasteiger partial charge in [0.2, 0.25) is 0 Å². The molecular formula is C23H23BrN2O6. The number of benzene rings is 1. The summed E-state index contributed by atoms with van der Waals surface area (Å²) in [6.07, 6.45) is 4.19. The lowest BCUT2D eigenvalue weighted by Crippen LogP contribution is -2.21. The number of ether oxygens (including phenoxy) is 1. The van der Waals surface area contributed by atoms with E-state index in [-0.39, 0.29) is 42.1 Å². The molecule has 3 aromatic rings. The van der Waals surface area contributed by atoms with Gasteiger partial charge in [0.1, 0.15) is 23.8 Å². The molecule has 0 atom stereocenters. The smallest absolute Gasteiger partial charge is 0.303 e. The number of hydrogen-bond acceptors (Lipinski definition) is 6. The number of carboxylic acid groups (broad SMARTS) is 1. The van der Waals surface area contributed by atoms with Gasteiger partial charge in [-0.25, -0.2) is 4.98 Å². The van der Waals surface area contributed by atoms with E-state index < -0.39 is 5.97 Å². The predicted molar refractivity (Wildman–Crippen MR) is 122 cm³/mol. The molecule has 2 N–H and O–H groups in total. The summed E-state index contributed by atoms with van der Waals surface area (Å²) in [7, 11) is 0. The Kier molecular flexibility index (Phi) is 7.29. The second-order valence-electron chi connectivity index (χ2n) is 7.39. The van der Waals surface area contributed by atoms with Crippen molar-refractivity contribution in [3.8, 4) is 11.5 Å². The Labute approximate surface area is 192 Å². The lowest BCUT2D eigenvalue weighted by Gasteiger charge is -2.16. The summed E-state index contributed by atoms with van der Waals surface area (Å²) < 4.78 is 7.97. The Morgan fingerprint density at radius 2 is 1.97 bits per heavy atom. The van der Waals surface area contributed by atoms with Crippen molar-refractivity contribution in [2.45, 2.75) is 46.1 Å². The lowest BCUT2D eigenvalue weighted by molar-refractivity contribution is -0.136. The van der Waals surface area contributed by atoms with Crippen molar-refractivity contribution in [3.63, 3.8) is 0 Å². The molecule has 0 amide bonds. The SMILES string of the molecule is CCCc1c(OCc2cc(Br)cn3c(=O)c(CCC(=O)O)cnc23)ccc(C(C)=O)c1O. The highest BCUT2D eigenvalue weighted by atomic mass is 79.9. The van der Waals surface area contributed by atoms with Crippen LogP contribution in [0.4, 0.5) is 0 Å². The number of fused-ring (bicyclic) bond motifs is 1. The van der Waals surface area contributed by atoms with Gasteiger partial charge in [0.25, 0.3) is 5.56 Å². The summed E-state index contributed by atoms with van der Waals surface area (Å²) in [5, 5.41) is 19.4. The third kappa shape index (κ3) is 4.99. The minimum atomic E-state index is -0.986. The molecule has 0 spiro atoms. The van der Waals surface area contributed by atoms with Crippen LogP contribution in [0.25, 0.3) is 5.65 Å². The summed E-state index contributed by atoms with van der Waals surface area (Å²) in [6, 6.07) is 4.97. The van der Waals surface area contributed by atoms with Crippen LogP contribution in [0, 0.1) is 0 Å². The third-order valence-corrected chi connectivity index (χ3v) is 5.46. The highest BCUT2D eigenvalue weighted by Crippen LogP contribution is 2.33. The molecule has 9 heteroatoms. The fraction of sp³-hybridized carbons (Fsp3) is 0.304. The molecule has 3 rings (SSSR count). The molecule has 1 aromatic carbocycles. The quantitative estimate of drug-likeness (QED) is 0.425. The summed E-state index contributed by atoms with van der Waals surface area (Å²) in [6.45, 7) is 3.43. The maximum absolute atomic E-state index is 12.8. The monoisotopic (exact) mass is 502 g/mol. The van der Waals surface area contributed by atoms with Crippen molar-refractivity contribution in [1.82, 2.24) is 9.38 Å². The fourth-order valence-corrected chi connectivity index (χ4v) is 3.94. The largest absolute Gasteiger partial charge is 0.507 e. The van der Waals surface area contributed by atoms with Gasteiger partial charge in [0, 0.05) is 40.0 Å². The molecule has 168 valence electrons. The predicted octanol–water partition coefficient (Wildman–Crippen LogP) is 3.91. The number of hydrogen-bond donors (Lipinski definition) is 2. The number of aryl methyl sites for hydroxylation is 1. The Bertz CT molecular complexity index is 1250. The Hall–Kier alpha value is -3.20. The van der Waals surface area contributed by atoms with Crippen molar-refractivity contribution in [3.05, 3.63) is 67.7 Å². The van der Waals surface area contributed by atoms with E-state index in [2.05, 4.69) is 20.9 Å². The number of carboxylic acids is 1. The van der Waals surface area contributed by atoms with Crippen molar-refractivity contribution in [1.29, 1.82) is 0 Å². The number of aliphatic carboxylic acids is 1. The maximum Gasteiger partial charge on any atom is 0.303 e. The number of aromatic hydroxyl groups is 1. The highest BCUT2D eigenvalue weighted by molar-refractivity contribution is 9.10. The molecule has 0 aliphatic rings. The summed E-state index contributed by atoms with van der Waals surface area (Å²) in [4.78, 5) is 39.8. The third-order valence-electron chi connectivity index (χ3n) is 5.03. The van der Waals surface area contributed by atoms with Crippen LogP contribution in [-0.2, 0) is 24.2 Å². The van der Waals surface area contributed by atoms with Crippen molar-refractivity contribution >= 4 is 33.3 Å². The van der Waals surface area contributed by atoms with Crippen molar-refractivity contribution in [2.75, 3.05) is 0 Å². The second-order valence-corrected chi connectivity index (χ2v) is 8.31. The molecule has 0 fully saturated rings. The average molecular weight is 503 g/mol. The fourth-order valence-electron chi connectivity index (χ4n) is 3.46. The number of phenolic OH excluding ortho intramolecular Hbond substituents is 1. The second kappa shape index (κ2) is 9.95. The first kappa shape index (κ1) is 23.5. The van der Waals surface area contributed by atoms with E-state index in [0.29, 0.717) is 39.0 Å². The van der Waals surface area contributed by atoms with Crippen LogP contribution in [-0.4, -0.2) is 31.4 Å². The Morgan fingerprint density at radius 3 is 2.62 bits per heavy atom. The molecule has 2 aromatic heterocycles. The Balaban J connectivity index is 1.97. The van der Waals surface area contributed by atoms with Gasteiger partial charge in [-0.2, -0.15) is 0 Å². The van der Waals surface area contributed by atoms with Crippen molar-refractivity contribution in [2.24, 2.45) is 0 Å². The number of carbonyl (C=O) groups is 2. The first-order valence-electron chi connectivity index (χ1n) is 10.1. The minimum absolute atomic E-state index is 0.0689. The number of halogens is 1. The molecule has 32 heavy (non-hydrogen) atoms. The molecule has 0 bridgehead atoms. The van der Waals surface area contributed by atoms with Gasteiger partial charge in [-0.3, -0.25) is 18.8 Å². The van der Waals surface area contributed by atoms with Crippen LogP contribution in [0.5, 0.6) is 11.5 Å². The maximum atomic E-state index is 12.8. The molecule has 8 nitrogen and oxygen atoms in total. The summed E-state index contributed by atoms with van der Waals surface area (Å²) in [5.74, 6) is -0.840. The normalized spacial score (nSPS) is 11.0. The van der Waals surface area contributed by atoms with Crippen LogP contribution < -0.4 is 10.3 Å².